The van der Waals surface area contributed by atoms with Gasteiger partial charge >= 0.3 is 5.97 Å². The number of hydrogen-bond donors (Lipinski definition) is 3. The van der Waals surface area contributed by atoms with Gasteiger partial charge in [0.05, 0.1) is 49.8 Å². The predicted octanol–water partition coefficient (Wildman–Crippen LogP) is 5.32. The number of carbonyl (C=O) groups is 1. The maximum atomic E-state index is 12.6. The van der Waals surface area contributed by atoms with Gasteiger partial charge in [-0.25, -0.2) is 0 Å². The van der Waals surface area contributed by atoms with Crippen molar-refractivity contribution in [2.24, 2.45) is 50.7 Å². The van der Waals surface area contributed by atoms with Gasteiger partial charge in [-0.15, -0.1) is 0 Å². The van der Waals surface area contributed by atoms with Crippen LogP contribution < -0.4 is 0 Å². The summed E-state index contributed by atoms with van der Waals surface area (Å²) in [5.74, 6) is 1.03. The van der Waals surface area contributed by atoms with Crippen molar-refractivity contribution >= 4 is 5.97 Å². The van der Waals surface area contributed by atoms with E-state index in [0.29, 0.717) is 31.4 Å². The highest BCUT2D eigenvalue weighted by Gasteiger charge is 2.84. The smallest absolute Gasteiger partial charge is 0.303 e. The first-order valence-corrected chi connectivity index (χ1v) is 19.6. The van der Waals surface area contributed by atoms with Crippen LogP contribution in [0.1, 0.15) is 121 Å². The number of esters is 1. The summed E-state index contributed by atoms with van der Waals surface area (Å²) in [5.41, 5.74) is -1.39. The van der Waals surface area contributed by atoms with E-state index in [0.717, 1.165) is 32.2 Å². The third-order valence-corrected chi connectivity index (χ3v) is 16.7. The Morgan fingerprint density at radius 3 is 2.35 bits per heavy atom. The van der Waals surface area contributed by atoms with Crippen LogP contribution in [0.3, 0.4) is 0 Å². The summed E-state index contributed by atoms with van der Waals surface area (Å²) in [5, 5.41) is 33.6. The summed E-state index contributed by atoms with van der Waals surface area (Å²) in [6.45, 7) is 23.2. The topological polar surface area (TPSA) is 118 Å². The molecule has 3 N–H and O–H groups in total. The number of rotatable bonds is 7. The number of carbonyl (C=O) groups excluding carboxylic acids is 1. The average Bonchev–Trinajstić information content (AvgIpc) is 3.65. The minimum absolute atomic E-state index is 0.00244. The van der Waals surface area contributed by atoms with Gasteiger partial charge in [0.2, 0.25) is 0 Å². The van der Waals surface area contributed by atoms with Crippen molar-refractivity contribution in [1.29, 1.82) is 0 Å². The normalized spacial score (nSPS) is 49.9. The molecule has 7 rings (SSSR count). The average molecular weight is 690 g/mol. The second-order valence-electron chi connectivity index (χ2n) is 20.1. The Balaban J connectivity index is 1.12. The fourth-order valence-corrected chi connectivity index (χ4v) is 14.1. The van der Waals surface area contributed by atoms with E-state index in [1.54, 1.807) is 13.8 Å². The first-order chi connectivity index (χ1) is 22.7. The molecule has 280 valence electrons. The quantitative estimate of drug-likeness (QED) is 0.306. The molecule has 49 heavy (non-hydrogen) atoms. The van der Waals surface area contributed by atoms with E-state index in [2.05, 4.69) is 53.4 Å². The van der Waals surface area contributed by atoms with Gasteiger partial charge in [-0.3, -0.25) is 9.69 Å². The Labute approximate surface area is 295 Å². The Bertz CT molecular complexity index is 1300. The lowest BCUT2D eigenvalue weighted by Gasteiger charge is -2.64. The standard InChI is InChI=1S/C40H67NO8/c1-23-19-25(33(36(7,8)45)47-24(2)43)48-31-30(23)37(9)15-16-40-21-39(40)14-13-28(49-29-20-41(17-18-46-29)34(3,4)22-42)35(5,6)26(39)11-12-27(40)38(37,10)32(31)44/h23,25-33,42,44-45H,11-22H2,1-10H3/t23-,25?,26+,27?,28?,29+,30+,31?,32+,33+,37-,38-,39-,40+/m1/s1. The van der Waals surface area contributed by atoms with Gasteiger partial charge in [0.1, 0.15) is 0 Å². The Hall–Kier alpha value is -0.810. The minimum Gasteiger partial charge on any atom is -0.457 e. The van der Waals surface area contributed by atoms with Gasteiger partial charge in [-0.1, -0.05) is 34.6 Å². The van der Waals surface area contributed by atoms with Crippen LogP contribution in [-0.2, 0) is 23.7 Å². The zero-order chi connectivity index (χ0) is 35.7. The van der Waals surface area contributed by atoms with Crippen molar-refractivity contribution in [3.05, 3.63) is 0 Å². The van der Waals surface area contributed by atoms with E-state index in [-0.39, 0.29) is 69.6 Å². The molecular formula is C40H67NO8. The highest BCUT2D eigenvalue weighted by Crippen LogP contribution is 2.89. The van der Waals surface area contributed by atoms with Crippen molar-refractivity contribution in [1.82, 2.24) is 4.90 Å². The molecule has 0 aromatic heterocycles. The molecular weight excluding hydrogens is 622 g/mol. The van der Waals surface area contributed by atoms with Crippen molar-refractivity contribution < 1.29 is 39.1 Å². The minimum atomic E-state index is -1.26. The number of morpholine rings is 1. The molecule has 0 radical (unpaired) electrons. The maximum Gasteiger partial charge on any atom is 0.303 e. The van der Waals surface area contributed by atoms with Crippen LogP contribution in [0.5, 0.6) is 0 Å². The van der Waals surface area contributed by atoms with Gasteiger partial charge < -0.3 is 34.3 Å². The number of fused-ring (bicyclic) bond motifs is 4. The summed E-state index contributed by atoms with van der Waals surface area (Å²) in [4.78, 5) is 14.4. The maximum absolute atomic E-state index is 12.6. The Kier molecular flexibility index (Phi) is 8.65. The number of ether oxygens (including phenoxy) is 4. The van der Waals surface area contributed by atoms with Crippen molar-refractivity contribution in [2.45, 2.75) is 169 Å². The van der Waals surface area contributed by atoms with E-state index in [1.165, 1.54) is 26.2 Å². The zero-order valence-corrected chi connectivity index (χ0v) is 32.1. The molecule has 0 bridgehead atoms. The molecule has 5 aliphatic carbocycles. The van der Waals surface area contributed by atoms with E-state index in [1.807, 2.05) is 0 Å². The molecule has 2 saturated heterocycles. The third-order valence-electron chi connectivity index (χ3n) is 16.7. The lowest BCUT2D eigenvalue weighted by Crippen LogP contribution is -2.60. The molecule has 9 nitrogen and oxygen atoms in total. The molecule has 2 spiro atoms. The Morgan fingerprint density at radius 2 is 1.69 bits per heavy atom. The van der Waals surface area contributed by atoms with E-state index >= 15 is 0 Å². The number of hydrogen-bond acceptors (Lipinski definition) is 9. The molecule has 2 aliphatic heterocycles. The molecule has 5 saturated carbocycles. The highest BCUT2D eigenvalue weighted by molar-refractivity contribution is 5.66. The number of aliphatic hydroxyl groups is 3. The molecule has 2 heterocycles. The van der Waals surface area contributed by atoms with Crippen molar-refractivity contribution in [2.75, 3.05) is 26.3 Å². The van der Waals surface area contributed by atoms with Crippen LogP contribution in [-0.4, -0.2) is 100 Å². The van der Waals surface area contributed by atoms with Crippen LogP contribution in [0.15, 0.2) is 0 Å². The van der Waals surface area contributed by atoms with Gasteiger partial charge in [0, 0.05) is 24.4 Å². The summed E-state index contributed by atoms with van der Waals surface area (Å²) in [7, 11) is 0. The lowest BCUT2D eigenvalue weighted by atomic mass is 9.41. The summed E-state index contributed by atoms with van der Waals surface area (Å²) < 4.78 is 25.6. The van der Waals surface area contributed by atoms with E-state index in [4.69, 9.17) is 18.9 Å². The summed E-state index contributed by atoms with van der Waals surface area (Å²) in [6.07, 6.45) is 6.32. The largest absolute Gasteiger partial charge is 0.457 e. The SMILES string of the molecule is CC(=O)O[C@@H](C1C[C@@H](C)[C@H]2C(O1)[C@H](O)[C@@]1(C)C3CC[C@H]4C(C)(C)C(O[C@H]5CN(C(C)(C)CO)CCO5)CC[C@@]45C[C@@]35CC[C@]21C)C(C)(C)O. The molecule has 0 aromatic carbocycles. The lowest BCUT2D eigenvalue weighted by molar-refractivity contribution is -0.254. The molecule has 4 unspecified atom stereocenters. The van der Waals surface area contributed by atoms with E-state index in [9.17, 15) is 20.1 Å². The van der Waals surface area contributed by atoms with Crippen LogP contribution in [0.2, 0.25) is 0 Å². The summed E-state index contributed by atoms with van der Waals surface area (Å²) in [6, 6.07) is 0. The van der Waals surface area contributed by atoms with Crippen molar-refractivity contribution in [3.63, 3.8) is 0 Å². The molecule has 7 aliphatic rings. The van der Waals surface area contributed by atoms with Gasteiger partial charge in [0.15, 0.2) is 12.4 Å². The van der Waals surface area contributed by atoms with Crippen LogP contribution in [0.25, 0.3) is 0 Å². The van der Waals surface area contributed by atoms with Crippen LogP contribution in [0, 0.1) is 50.7 Å². The third kappa shape index (κ3) is 5.05. The second kappa shape index (κ2) is 11.6. The molecule has 9 heteroatoms. The first kappa shape index (κ1) is 36.5. The van der Waals surface area contributed by atoms with Gasteiger partial charge in [0.25, 0.3) is 0 Å². The predicted molar refractivity (Wildman–Crippen MR) is 185 cm³/mol. The van der Waals surface area contributed by atoms with Crippen molar-refractivity contribution in [3.8, 4) is 0 Å². The highest BCUT2D eigenvalue weighted by atomic mass is 16.7. The zero-order valence-electron chi connectivity index (χ0n) is 32.1. The number of aliphatic hydroxyl groups excluding tert-OH is 2. The fraction of sp³-hybridized carbons (Fsp3) is 0.975. The molecule has 0 aromatic rings. The second-order valence-corrected chi connectivity index (χ2v) is 20.1. The monoisotopic (exact) mass is 689 g/mol. The van der Waals surface area contributed by atoms with Gasteiger partial charge in [-0.2, -0.15) is 0 Å². The molecule has 14 atom stereocenters. The van der Waals surface area contributed by atoms with E-state index < -0.39 is 29.9 Å². The molecule has 7 fully saturated rings. The molecule has 0 amide bonds. The van der Waals surface area contributed by atoms with Gasteiger partial charge in [-0.05, 0) is 124 Å². The number of nitrogens with zero attached hydrogens (tertiary/aromatic N) is 1. The first-order valence-electron chi connectivity index (χ1n) is 19.6. The summed E-state index contributed by atoms with van der Waals surface area (Å²) >= 11 is 0. The van der Waals surface area contributed by atoms with Crippen LogP contribution in [0.4, 0.5) is 0 Å². The van der Waals surface area contributed by atoms with Crippen LogP contribution >= 0.6 is 0 Å². The Morgan fingerprint density at radius 1 is 1.02 bits per heavy atom. The fourth-order valence-electron chi connectivity index (χ4n) is 14.1.